The largest absolute Gasteiger partial charge is 0.483 e. The fourth-order valence-corrected chi connectivity index (χ4v) is 1.96. The molecule has 0 radical (unpaired) electrons. The minimum atomic E-state index is -1.14. The number of ether oxygens (including phenoxy) is 2. The van der Waals surface area contributed by atoms with Crippen LogP contribution in [0.2, 0.25) is 0 Å². The van der Waals surface area contributed by atoms with Crippen LogP contribution in [0.25, 0.3) is 0 Å². The maximum atomic E-state index is 11.8. The highest BCUT2D eigenvalue weighted by atomic mass is 16.5. The number of nitrogens with one attached hydrogen (secondary N) is 1. The van der Waals surface area contributed by atoms with Crippen molar-refractivity contribution < 1.29 is 24.2 Å². The molecule has 1 aromatic carbocycles. The topological polar surface area (TPSA) is 84.9 Å². The first-order valence-corrected chi connectivity index (χ1v) is 7.09. The molecule has 0 aliphatic heterocycles. The molecule has 0 saturated heterocycles. The zero-order chi connectivity index (χ0) is 16.7. The number of carboxylic acid groups (broad SMARTS) is 1. The molecule has 6 nitrogen and oxygen atoms in total. The average Bonchev–Trinajstić information content (AvgIpc) is 2.44. The van der Waals surface area contributed by atoms with Crippen LogP contribution in [0.15, 0.2) is 18.2 Å². The van der Waals surface area contributed by atoms with Gasteiger partial charge in [-0.05, 0) is 30.0 Å². The third-order valence-corrected chi connectivity index (χ3v) is 3.12. The second-order valence-electron chi connectivity index (χ2n) is 5.40. The molecule has 22 heavy (non-hydrogen) atoms. The van der Waals surface area contributed by atoms with Gasteiger partial charge in [0.2, 0.25) is 0 Å². The van der Waals surface area contributed by atoms with Crippen molar-refractivity contribution in [1.82, 2.24) is 5.32 Å². The van der Waals surface area contributed by atoms with Crippen molar-refractivity contribution in [3.8, 4) is 5.75 Å². The summed E-state index contributed by atoms with van der Waals surface area (Å²) in [5, 5.41) is 11.3. The molecule has 122 valence electrons. The van der Waals surface area contributed by atoms with E-state index >= 15 is 0 Å². The van der Waals surface area contributed by atoms with Gasteiger partial charge in [-0.3, -0.25) is 4.79 Å². The Labute approximate surface area is 130 Å². The summed E-state index contributed by atoms with van der Waals surface area (Å²) >= 11 is 0. The summed E-state index contributed by atoms with van der Waals surface area (Å²) in [7, 11) is 1.38. The van der Waals surface area contributed by atoms with Gasteiger partial charge in [-0.1, -0.05) is 26.0 Å². The van der Waals surface area contributed by atoms with Crippen LogP contribution in [-0.4, -0.2) is 43.3 Å². The SMILES string of the molecule is COCC(NC(=O)COc1cc(C)ccc1C(C)C)C(=O)O. The van der Waals surface area contributed by atoms with Crippen molar-refractivity contribution in [1.29, 1.82) is 0 Å². The molecule has 1 unspecified atom stereocenters. The molecular weight excluding hydrogens is 286 g/mol. The second-order valence-corrected chi connectivity index (χ2v) is 5.40. The standard InChI is InChI=1S/C16H23NO5/c1-10(2)12-6-5-11(3)7-14(12)22-9-15(18)17-13(8-21-4)16(19)20/h5-7,10,13H,8-9H2,1-4H3,(H,17,18)(H,19,20). The number of carbonyl (C=O) groups excluding carboxylic acids is 1. The van der Waals surface area contributed by atoms with Crippen molar-refractivity contribution in [3.05, 3.63) is 29.3 Å². The average molecular weight is 309 g/mol. The van der Waals surface area contributed by atoms with E-state index in [1.807, 2.05) is 39.0 Å². The predicted octanol–water partition coefficient (Wildman–Crippen LogP) is 1.71. The first-order valence-electron chi connectivity index (χ1n) is 7.09. The molecule has 0 aromatic heterocycles. The number of amides is 1. The smallest absolute Gasteiger partial charge is 0.328 e. The van der Waals surface area contributed by atoms with E-state index in [2.05, 4.69) is 5.32 Å². The van der Waals surface area contributed by atoms with E-state index in [1.165, 1.54) is 7.11 Å². The maximum absolute atomic E-state index is 11.8. The van der Waals surface area contributed by atoms with E-state index in [0.29, 0.717) is 5.75 Å². The normalized spacial score (nSPS) is 12.0. The van der Waals surface area contributed by atoms with Gasteiger partial charge in [0.1, 0.15) is 5.75 Å². The van der Waals surface area contributed by atoms with E-state index in [9.17, 15) is 9.59 Å². The van der Waals surface area contributed by atoms with Gasteiger partial charge in [-0.15, -0.1) is 0 Å². The number of methoxy groups -OCH3 is 1. The summed E-state index contributed by atoms with van der Waals surface area (Å²) in [6, 6.07) is 4.74. The van der Waals surface area contributed by atoms with Crippen LogP contribution in [0.4, 0.5) is 0 Å². The van der Waals surface area contributed by atoms with Crippen LogP contribution in [0.3, 0.4) is 0 Å². The molecule has 6 heteroatoms. The van der Waals surface area contributed by atoms with Gasteiger partial charge in [0.25, 0.3) is 5.91 Å². The van der Waals surface area contributed by atoms with E-state index in [0.717, 1.165) is 11.1 Å². The molecule has 0 saturated carbocycles. The Balaban J connectivity index is 2.67. The number of hydrogen-bond donors (Lipinski definition) is 2. The Hall–Kier alpha value is -2.08. The molecule has 0 fully saturated rings. The molecule has 0 aliphatic rings. The van der Waals surface area contributed by atoms with Crippen molar-refractivity contribution in [2.75, 3.05) is 20.3 Å². The van der Waals surface area contributed by atoms with E-state index in [1.54, 1.807) is 0 Å². The summed E-state index contributed by atoms with van der Waals surface area (Å²) in [6.07, 6.45) is 0. The molecule has 0 spiro atoms. The van der Waals surface area contributed by atoms with Gasteiger partial charge >= 0.3 is 5.97 Å². The zero-order valence-corrected chi connectivity index (χ0v) is 13.4. The van der Waals surface area contributed by atoms with Crippen LogP contribution in [0, 0.1) is 6.92 Å². The Morgan fingerprint density at radius 1 is 1.32 bits per heavy atom. The van der Waals surface area contributed by atoms with E-state index < -0.39 is 17.9 Å². The summed E-state index contributed by atoms with van der Waals surface area (Å²) in [6.45, 7) is 5.68. The third-order valence-electron chi connectivity index (χ3n) is 3.12. The molecule has 2 N–H and O–H groups in total. The Morgan fingerprint density at radius 3 is 2.55 bits per heavy atom. The number of carboxylic acids is 1. The third kappa shape index (κ3) is 5.37. The summed E-state index contributed by atoms with van der Waals surface area (Å²) in [5.41, 5.74) is 2.03. The van der Waals surface area contributed by atoms with Crippen LogP contribution < -0.4 is 10.1 Å². The first-order chi connectivity index (χ1) is 10.3. The van der Waals surface area contributed by atoms with Crippen molar-refractivity contribution in [2.45, 2.75) is 32.7 Å². The molecule has 1 aromatic rings. The number of rotatable bonds is 8. The van der Waals surface area contributed by atoms with Crippen molar-refractivity contribution in [3.63, 3.8) is 0 Å². The number of carbonyl (C=O) groups is 2. The van der Waals surface area contributed by atoms with Gasteiger partial charge < -0.3 is 19.9 Å². The van der Waals surface area contributed by atoms with Gasteiger partial charge in [-0.2, -0.15) is 0 Å². The fraction of sp³-hybridized carbons (Fsp3) is 0.500. The maximum Gasteiger partial charge on any atom is 0.328 e. The minimum Gasteiger partial charge on any atom is -0.483 e. The number of aliphatic carboxylic acids is 1. The summed E-state index contributed by atoms with van der Waals surface area (Å²) < 4.78 is 10.3. The van der Waals surface area contributed by atoms with Crippen LogP contribution in [-0.2, 0) is 14.3 Å². The predicted molar refractivity (Wildman–Crippen MR) is 82.2 cm³/mol. The molecule has 1 atom stereocenters. The van der Waals surface area contributed by atoms with Crippen LogP contribution in [0.1, 0.15) is 30.9 Å². The highest BCUT2D eigenvalue weighted by Crippen LogP contribution is 2.27. The lowest BCUT2D eigenvalue weighted by molar-refractivity contribution is -0.143. The highest BCUT2D eigenvalue weighted by molar-refractivity contribution is 5.84. The first kappa shape index (κ1) is 18.0. The van der Waals surface area contributed by atoms with Gasteiger partial charge in [0.05, 0.1) is 6.61 Å². The summed E-state index contributed by atoms with van der Waals surface area (Å²) in [4.78, 5) is 22.8. The number of benzene rings is 1. The molecule has 0 heterocycles. The van der Waals surface area contributed by atoms with Crippen LogP contribution in [0.5, 0.6) is 5.75 Å². The Morgan fingerprint density at radius 2 is 2.00 bits per heavy atom. The van der Waals surface area contributed by atoms with E-state index in [-0.39, 0.29) is 19.1 Å². The lowest BCUT2D eigenvalue weighted by Gasteiger charge is -2.16. The molecule has 1 rings (SSSR count). The monoisotopic (exact) mass is 309 g/mol. The summed E-state index contributed by atoms with van der Waals surface area (Å²) in [5.74, 6) is -0.739. The highest BCUT2D eigenvalue weighted by Gasteiger charge is 2.20. The zero-order valence-electron chi connectivity index (χ0n) is 13.4. The Bertz CT molecular complexity index is 527. The lowest BCUT2D eigenvalue weighted by atomic mass is 10.0. The molecule has 0 bridgehead atoms. The number of aryl methyl sites for hydroxylation is 1. The van der Waals surface area contributed by atoms with Gasteiger partial charge in [-0.25, -0.2) is 4.79 Å². The van der Waals surface area contributed by atoms with Gasteiger partial charge in [0.15, 0.2) is 12.6 Å². The van der Waals surface area contributed by atoms with Crippen LogP contribution >= 0.6 is 0 Å². The molecule has 1 amide bonds. The van der Waals surface area contributed by atoms with E-state index in [4.69, 9.17) is 14.6 Å². The van der Waals surface area contributed by atoms with Crippen molar-refractivity contribution >= 4 is 11.9 Å². The Kier molecular flexibility index (Phi) is 6.85. The number of hydrogen-bond acceptors (Lipinski definition) is 4. The van der Waals surface area contributed by atoms with Crippen molar-refractivity contribution in [2.24, 2.45) is 0 Å². The van der Waals surface area contributed by atoms with Gasteiger partial charge in [0, 0.05) is 7.11 Å². The minimum absolute atomic E-state index is 0.0945. The fourth-order valence-electron chi connectivity index (χ4n) is 1.96. The molecule has 0 aliphatic carbocycles. The quantitative estimate of drug-likeness (QED) is 0.763. The second kappa shape index (κ2) is 8.38. The lowest BCUT2D eigenvalue weighted by Crippen LogP contribution is -2.45. The molecular formula is C16H23NO5.